The summed E-state index contributed by atoms with van der Waals surface area (Å²) in [5.41, 5.74) is 9.25. The van der Waals surface area contributed by atoms with Crippen LogP contribution in [0.2, 0.25) is 5.28 Å². The highest BCUT2D eigenvalue weighted by Gasteiger charge is 2.09. The standard InChI is InChI=1S/C13H12ClN5/c1-7-3-4-9(6-15)5-10(7)18-12-11(16)8(2)17-13(14)19-12/h3-5H,16H2,1-2H3,(H,17,18,19). The van der Waals surface area contributed by atoms with Crippen molar-refractivity contribution in [3.05, 3.63) is 40.3 Å². The van der Waals surface area contributed by atoms with E-state index in [0.29, 0.717) is 22.8 Å². The van der Waals surface area contributed by atoms with Crippen LogP contribution in [0.25, 0.3) is 0 Å². The van der Waals surface area contributed by atoms with Crippen molar-refractivity contribution < 1.29 is 0 Å². The summed E-state index contributed by atoms with van der Waals surface area (Å²) < 4.78 is 0. The zero-order valence-corrected chi connectivity index (χ0v) is 11.3. The van der Waals surface area contributed by atoms with Crippen molar-refractivity contribution in [1.82, 2.24) is 9.97 Å². The van der Waals surface area contributed by atoms with Gasteiger partial charge in [-0.05, 0) is 43.1 Å². The quantitative estimate of drug-likeness (QED) is 0.822. The molecule has 6 heteroatoms. The van der Waals surface area contributed by atoms with Crippen LogP contribution in [0.4, 0.5) is 17.2 Å². The smallest absolute Gasteiger partial charge is 0.224 e. The second kappa shape index (κ2) is 5.12. The van der Waals surface area contributed by atoms with Gasteiger partial charge in [-0.2, -0.15) is 10.2 Å². The summed E-state index contributed by atoms with van der Waals surface area (Å²) >= 11 is 5.82. The monoisotopic (exact) mass is 273 g/mol. The summed E-state index contributed by atoms with van der Waals surface area (Å²) in [6, 6.07) is 7.43. The van der Waals surface area contributed by atoms with Gasteiger partial charge < -0.3 is 11.1 Å². The Balaban J connectivity index is 2.44. The van der Waals surface area contributed by atoms with E-state index in [4.69, 9.17) is 22.6 Å². The normalized spacial score (nSPS) is 10.0. The van der Waals surface area contributed by atoms with Crippen molar-refractivity contribution in [3.63, 3.8) is 0 Å². The lowest BCUT2D eigenvalue weighted by atomic mass is 10.1. The molecule has 19 heavy (non-hydrogen) atoms. The number of hydrogen-bond donors (Lipinski definition) is 2. The third kappa shape index (κ3) is 2.75. The fraction of sp³-hybridized carbons (Fsp3) is 0.154. The Kier molecular flexibility index (Phi) is 3.54. The van der Waals surface area contributed by atoms with Crippen LogP contribution in [-0.4, -0.2) is 9.97 Å². The number of hydrogen-bond acceptors (Lipinski definition) is 5. The third-order valence-electron chi connectivity index (χ3n) is 2.73. The van der Waals surface area contributed by atoms with E-state index in [1.807, 2.05) is 13.0 Å². The first-order chi connectivity index (χ1) is 9.01. The molecule has 1 aromatic heterocycles. The average Bonchev–Trinajstić information content (AvgIpc) is 2.38. The SMILES string of the molecule is Cc1ccc(C#N)cc1Nc1nc(Cl)nc(C)c1N. The number of nitrogens with one attached hydrogen (secondary N) is 1. The lowest BCUT2D eigenvalue weighted by molar-refractivity contribution is 1.11. The number of nitrogens with zero attached hydrogens (tertiary/aromatic N) is 3. The van der Waals surface area contributed by atoms with Gasteiger partial charge in [0, 0.05) is 5.69 Å². The van der Waals surface area contributed by atoms with E-state index >= 15 is 0 Å². The van der Waals surface area contributed by atoms with Crippen molar-refractivity contribution in [2.45, 2.75) is 13.8 Å². The van der Waals surface area contributed by atoms with Crippen LogP contribution in [-0.2, 0) is 0 Å². The van der Waals surface area contributed by atoms with Gasteiger partial charge in [0.2, 0.25) is 5.28 Å². The number of aryl methyl sites for hydroxylation is 2. The van der Waals surface area contributed by atoms with Crippen molar-refractivity contribution in [2.75, 3.05) is 11.1 Å². The number of rotatable bonds is 2. The highest BCUT2D eigenvalue weighted by molar-refractivity contribution is 6.28. The van der Waals surface area contributed by atoms with Crippen LogP contribution in [0, 0.1) is 25.2 Å². The number of nitriles is 1. The Morgan fingerprint density at radius 3 is 2.74 bits per heavy atom. The van der Waals surface area contributed by atoms with Crippen LogP contribution >= 0.6 is 11.6 Å². The summed E-state index contributed by atoms with van der Waals surface area (Å²) in [7, 11) is 0. The van der Waals surface area contributed by atoms with Gasteiger partial charge in [0.05, 0.1) is 23.0 Å². The molecule has 0 amide bonds. The molecule has 0 radical (unpaired) electrons. The van der Waals surface area contributed by atoms with Gasteiger partial charge in [-0.3, -0.25) is 0 Å². The minimum Gasteiger partial charge on any atom is -0.394 e. The zero-order chi connectivity index (χ0) is 14.0. The molecular weight excluding hydrogens is 262 g/mol. The second-order valence-corrected chi connectivity index (χ2v) is 4.44. The Hall–Kier alpha value is -2.32. The first-order valence-electron chi connectivity index (χ1n) is 5.58. The number of aromatic nitrogens is 2. The third-order valence-corrected chi connectivity index (χ3v) is 2.90. The van der Waals surface area contributed by atoms with Gasteiger partial charge in [0.15, 0.2) is 5.82 Å². The first-order valence-corrected chi connectivity index (χ1v) is 5.96. The number of halogens is 1. The summed E-state index contributed by atoms with van der Waals surface area (Å²) in [5, 5.41) is 12.1. The van der Waals surface area contributed by atoms with E-state index in [2.05, 4.69) is 21.4 Å². The minimum absolute atomic E-state index is 0.128. The maximum atomic E-state index is 8.91. The summed E-state index contributed by atoms with van der Waals surface area (Å²) in [6.45, 7) is 3.68. The van der Waals surface area contributed by atoms with Crippen molar-refractivity contribution in [3.8, 4) is 6.07 Å². The van der Waals surface area contributed by atoms with Crippen LogP contribution in [0.1, 0.15) is 16.8 Å². The number of benzene rings is 1. The Morgan fingerprint density at radius 2 is 2.05 bits per heavy atom. The summed E-state index contributed by atoms with van der Waals surface area (Å²) in [5.74, 6) is 0.440. The van der Waals surface area contributed by atoms with E-state index in [0.717, 1.165) is 11.3 Å². The van der Waals surface area contributed by atoms with Gasteiger partial charge in [0.1, 0.15) is 0 Å². The molecule has 0 saturated heterocycles. The second-order valence-electron chi connectivity index (χ2n) is 4.11. The van der Waals surface area contributed by atoms with Gasteiger partial charge in [-0.1, -0.05) is 6.07 Å². The fourth-order valence-electron chi connectivity index (χ4n) is 1.60. The molecule has 0 bridgehead atoms. The molecule has 96 valence electrons. The molecule has 3 N–H and O–H groups in total. The van der Waals surface area contributed by atoms with E-state index in [1.165, 1.54) is 0 Å². The van der Waals surface area contributed by atoms with E-state index in [9.17, 15) is 0 Å². The molecule has 2 aromatic rings. The molecule has 0 atom stereocenters. The number of anilines is 3. The van der Waals surface area contributed by atoms with Gasteiger partial charge in [0.25, 0.3) is 0 Å². The summed E-state index contributed by atoms with van der Waals surface area (Å²) in [6.07, 6.45) is 0. The lowest BCUT2D eigenvalue weighted by Gasteiger charge is -2.12. The molecule has 2 rings (SSSR count). The molecule has 0 spiro atoms. The van der Waals surface area contributed by atoms with Gasteiger partial charge in [-0.15, -0.1) is 0 Å². The molecule has 0 saturated carbocycles. The molecule has 0 aliphatic heterocycles. The van der Waals surface area contributed by atoms with E-state index in [-0.39, 0.29) is 5.28 Å². The van der Waals surface area contributed by atoms with Crippen LogP contribution < -0.4 is 11.1 Å². The van der Waals surface area contributed by atoms with E-state index < -0.39 is 0 Å². The topological polar surface area (TPSA) is 87.6 Å². The molecule has 1 heterocycles. The Morgan fingerprint density at radius 1 is 1.32 bits per heavy atom. The molecule has 0 aliphatic carbocycles. The zero-order valence-electron chi connectivity index (χ0n) is 10.5. The maximum absolute atomic E-state index is 8.91. The van der Waals surface area contributed by atoms with Crippen molar-refractivity contribution in [2.24, 2.45) is 0 Å². The molecule has 0 aliphatic rings. The van der Waals surface area contributed by atoms with Crippen LogP contribution in [0.15, 0.2) is 18.2 Å². The first kappa shape index (κ1) is 13.1. The Bertz CT molecular complexity index is 675. The van der Waals surface area contributed by atoms with Crippen LogP contribution in [0.3, 0.4) is 0 Å². The van der Waals surface area contributed by atoms with Gasteiger partial charge >= 0.3 is 0 Å². The predicted molar refractivity (Wildman–Crippen MR) is 75.4 cm³/mol. The maximum Gasteiger partial charge on any atom is 0.224 e. The highest BCUT2D eigenvalue weighted by Crippen LogP contribution is 2.26. The highest BCUT2D eigenvalue weighted by atomic mass is 35.5. The number of nitrogen functional groups attached to an aromatic ring is 1. The lowest BCUT2D eigenvalue weighted by Crippen LogP contribution is -2.04. The average molecular weight is 274 g/mol. The van der Waals surface area contributed by atoms with Gasteiger partial charge in [-0.25, -0.2) is 4.98 Å². The number of nitrogens with two attached hydrogens (primary N) is 1. The molecule has 1 aromatic carbocycles. The predicted octanol–water partition coefficient (Wildman–Crippen LogP) is 2.94. The Labute approximate surface area is 116 Å². The van der Waals surface area contributed by atoms with Crippen molar-refractivity contribution >= 4 is 28.8 Å². The molecule has 0 unspecified atom stereocenters. The molecular formula is C13H12ClN5. The van der Waals surface area contributed by atoms with Crippen LogP contribution in [0.5, 0.6) is 0 Å². The molecule has 5 nitrogen and oxygen atoms in total. The summed E-state index contributed by atoms with van der Waals surface area (Å²) in [4.78, 5) is 8.03. The molecule has 0 fully saturated rings. The minimum atomic E-state index is 0.128. The van der Waals surface area contributed by atoms with Crippen molar-refractivity contribution in [1.29, 1.82) is 5.26 Å². The largest absolute Gasteiger partial charge is 0.394 e. The van der Waals surface area contributed by atoms with E-state index in [1.54, 1.807) is 19.1 Å². The fourth-order valence-corrected chi connectivity index (χ4v) is 1.81.